The lowest BCUT2D eigenvalue weighted by atomic mass is 10.0. The van der Waals surface area contributed by atoms with Gasteiger partial charge in [-0.2, -0.15) is 5.10 Å². The van der Waals surface area contributed by atoms with E-state index in [4.69, 9.17) is 17.0 Å². The van der Waals surface area contributed by atoms with Gasteiger partial charge in [-0.05, 0) is 30.8 Å². The zero-order valence-electron chi connectivity index (χ0n) is 12.5. The molecule has 1 N–H and O–H groups in total. The molecule has 0 spiro atoms. The quantitative estimate of drug-likeness (QED) is 0.731. The maximum atomic E-state index is 6.13. The van der Waals surface area contributed by atoms with Gasteiger partial charge in [-0.3, -0.25) is 5.10 Å². The first-order valence-electron chi connectivity index (χ1n) is 7.09. The molecule has 0 radical (unpaired) electrons. The first-order chi connectivity index (χ1) is 10.7. The lowest BCUT2D eigenvalue weighted by Crippen LogP contribution is -2.10. The van der Waals surface area contributed by atoms with Gasteiger partial charge in [0.25, 0.3) is 0 Å². The van der Waals surface area contributed by atoms with Crippen LogP contribution < -0.4 is 4.74 Å². The summed E-state index contributed by atoms with van der Waals surface area (Å²) in [6.45, 7) is 1.96. The molecule has 0 saturated heterocycles. The first-order valence-corrected chi connectivity index (χ1v) is 7.50. The Hall–Kier alpha value is -2.40. The van der Waals surface area contributed by atoms with Crippen LogP contribution in [0.15, 0.2) is 54.6 Å². The molecule has 22 heavy (non-hydrogen) atoms. The van der Waals surface area contributed by atoms with Gasteiger partial charge in [0.1, 0.15) is 5.75 Å². The minimum Gasteiger partial charge on any atom is -0.482 e. The zero-order chi connectivity index (χ0) is 15.5. The van der Waals surface area contributed by atoms with Crippen LogP contribution in [0.2, 0.25) is 0 Å². The highest BCUT2D eigenvalue weighted by molar-refractivity contribution is 7.71. The number of nitrogens with zero attached hydrogens (tertiary/aromatic N) is 2. The fourth-order valence-electron chi connectivity index (χ4n) is 2.39. The summed E-state index contributed by atoms with van der Waals surface area (Å²) in [5.74, 6) is 1.60. The monoisotopic (exact) mass is 311 g/mol. The molecule has 3 rings (SSSR count). The van der Waals surface area contributed by atoms with Crippen molar-refractivity contribution in [2.45, 2.75) is 13.0 Å². The van der Waals surface area contributed by atoms with Gasteiger partial charge in [-0.1, -0.05) is 48.5 Å². The van der Waals surface area contributed by atoms with Crippen LogP contribution in [0.4, 0.5) is 0 Å². The Bertz CT molecular complexity index is 823. The SMILES string of the molecule is C[C@H](Oc1ccccc1-c1ccccc1)c1n[nH]c(=S)n1C. The van der Waals surface area contributed by atoms with E-state index in [1.807, 2.05) is 54.9 Å². The highest BCUT2D eigenvalue weighted by Gasteiger charge is 2.15. The first kappa shape index (κ1) is 14.5. The second-order valence-corrected chi connectivity index (χ2v) is 5.45. The zero-order valence-corrected chi connectivity index (χ0v) is 13.3. The number of H-pyrrole nitrogens is 1. The normalized spacial score (nSPS) is 12.1. The third-order valence-electron chi connectivity index (χ3n) is 3.55. The van der Waals surface area contributed by atoms with Gasteiger partial charge < -0.3 is 9.30 Å². The van der Waals surface area contributed by atoms with Gasteiger partial charge in [-0.15, -0.1) is 0 Å². The average molecular weight is 311 g/mol. The minimum absolute atomic E-state index is 0.206. The van der Waals surface area contributed by atoms with Crippen molar-refractivity contribution in [2.75, 3.05) is 0 Å². The third-order valence-corrected chi connectivity index (χ3v) is 3.92. The molecule has 0 aliphatic carbocycles. The average Bonchev–Trinajstić information content (AvgIpc) is 2.88. The molecule has 4 nitrogen and oxygen atoms in total. The van der Waals surface area contributed by atoms with E-state index in [-0.39, 0.29) is 6.10 Å². The molecule has 112 valence electrons. The molecule has 1 atom stereocenters. The Balaban J connectivity index is 1.93. The van der Waals surface area contributed by atoms with E-state index >= 15 is 0 Å². The number of para-hydroxylation sites is 1. The molecule has 1 heterocycles. The molecule has 3 aromatic rings. The fourth-order valence-corrected chi connectivity index (χ4v) is 2.53. The summed E-state index contributed by atoms with van der Waals surface area (Å²) in [5, 5.41) is 7.02. The summed E-state index contributed by atoms with van der Waals surface area (Å²) in [4.78, 5) is 0. The summed E-state index contributed by atoms with van der Waals surface area (Å²) in [7, 11) is 1.88. The topological polar surface area (TPSA) is 42.8 Å². The number of hydrogen-bond acceptors (Lipinski definition) is 3. The van der Waals surface area contributed by atoms with Crippen molar-refractivity contribution in [2.24, 2.45) is 7.05 Å². The van der Waals surface area contributed by atoms with Crippen LogP contribution >= 0.6 is 12.2 Å². The number of hydrogen-bond donors (Lipinski definition) is 1. The van der Waals surface area contributed by atoms with Crippen LogP contribution in [0, 0.1) is 4.77 Å². The van der Waals surface area contributed by atoms with Crippen LogP contribution in [0.3, 0.4) is 0 Å². The van der Waals surface area contributed by atoms with Gasteiger partial charge in [-0.25, -0.2) is 0 Å². The highest BCUT2D eigenvalue weighted by atomic mass is 32.1. The number of aromatic nitrogens is 3. The van der Waals surface area contributed by atoms with Crippen molar-refractivity contribution in [3.05, 3.63) is 65.2 Å². The van der Waals surface area contributed by atoms with Crippen molar-refractivity contribution >= 4 is 12.2 Å². The van der Waals surface area contributed by atoms with Crippen LogP contribution in [0.5, 0.6) is 5.75 Å². The molecule has 0 aliphatic rings. The van der Waals surface area contributed by atoms with Gasteiger partial charge in [0, 0.05) is 12.6 Å². The Morgan fingerprint density at radius 2 is 1.77 bits per heavy atom. The van der Waals surface area contributed by atoms with Gasteiger partial charge >= 0.3 is 0 Å². The summed E-state index contributed by atoms with van der Waals surface area (Å²) in [6.07, 6.45) is -0.206. The van der Waals surface area contributed by atoms with E-state index in [1.54, 1.807) is 0 Å². The third kappa shape index (κ3) is 2.80. The summed E-state index contributed by atoms with van der Waals surface area (Å²) in [5.41, 5.74) is 2.19. The molecule has 2 aromatic carbocycles. The van der Waals surface area contributed by atoms with Crippen LogP contribution in [-0.2, 0) is 7.05 Å². The maximum Gasteiger partial charge on any atom is 0.195 e. The summed E-state index contributed by atoms with van der Waals surface area (Å²) in [6, 6.07) is 18.2. The lowest BCUT2D eigenvalue weighted by Gasteiger charge is -2.17. The number of benzene rings is 2. The predicted octanol–water partition coefficient (Wildman–Crippen LogP) is 4.28. The summed E-state index contributed by atoms with van der Waals surface area (Å²) >= 11 is 5.15. The van der Waals surface area contributed by atoms with Crippen molar-refractivity contribution in [3.63, 3.8) is 0 Å². The molecular formula is C17H17N3OS. The summed E-state index contributed by atoms with van der Waals surface area (Å²) < 4.78 is 8.54. The Morgan fingerprint density at radius 3 is 2.45 bits per heavy atom. The molecule has 0 aliphatic heterocycles. The Labute approximate surface area is 134 Å². The number of ether oxygens (including phenoxy) is 1. The molecule has 0 amide bonds. The van der Waals surface area contributed by atoms with Crippen molar-refractivity contribution < 1.29 is 4.74 Å². The molecule has 0 bridgehead atoms. The van der Waals surface area contributed by atoms with E-state index in [0.29, 0.717) is 4.77 Å². The van der Waals surface area contributed by atoms with Gasteiger partial charge in [0.05, 0.1) is 0 Å². The largest absolute Gasteiger partial charge is 0.482 e. The van der Waals surface area contributed by atoms with Gasteiger partial charge in [0.15, 0.2) is 16.7 Å². The molecule has 0 saturated carbocycles. The van der Waals surface area contributed by atoms with E-state index in [0.717, 1.165) is 22.7 Å². The number of aromatic amines is 1. The van der Waals surface area contributed by atoms with Crippen molar-refractivity contribution in [1.82, 2.24) is 14.8 Å². The second-order valence-electron chi connectivity index (χ2n) is 5.07. The van der Waals surface area contributed by atoms with E-state index in [1.165, 1.54) is 0 Å². The Morgan fingerprint density at radius 1 is 1.09 bits per heavy atom. The Kier molecular flexibility index (Phi) is 4.06. The van der Waals surface area contributed by atoms with Crippen molar-refractivity contribution in [1.29, 1.82) is 0 Å². The van der Waals surface area contributed by atoms with Crippen LogP contribution in [0.25, 0.3) is 11.1 Å². The standard InChI is InChI=1S/C17H17N3OS/c1-12(16-18-19-17(22)20(16)2)21-15-11-7-6-10-14(15)13-8-4-3-5-9-13/h3-12H,1-2H3,(H,19,22)/t12-/m0/s1. The molecule has 0 unspecified atom stereocenters. The van der Waals surface area contributed by atoms with Crippen LogP contribution in [-0.4, -0.2) is 14.8 Å². The van der Waals surface area contributed by atoms with Crippen LogP contribution in [0.1, 0.15) is 18.9 Å². The molecule has 0 fully saturated rings. The van der Waals surface area contributed by atoms with E-state index in [9.17, 15) is 0 Å². The maximum absolute atomic E-state index is 6.13. The molecule has 5 heteroatoms. The second kappa shape index (κ2) is 6.15. The fraction of sp³-hybridized carbons (Fsp3) is 0.176. The smallest absolute Gasteiger partial charge is 0.195 e. The molecular weight excluding hydrogens is 294 g/mol. The predicted molar refractivity (Wildman–Crippen MR) is 89.3 cm³/mol. The minimum atomic E-state index is -0.206. The number of rotatable bonds is 4. The van der Waals surface area contributed by atoms with E-state index < -0.39 is 0 Å². The van der Waals surface area contributed by atoms with E-state index in [2.05, 4.69) is 28.4 Å². The lowest BCUT2D eigenvalue weighted by molar-refractivity contribution is 0.213. The highest BCUT2D eigenvalue weighted by Crippen LogP contribution is 2.32. The van der Waals surface area contributed by atoms with Crippen molar-refractivity contribution in [3.8, 4) is 16.9 Å². The molecule has 1 aromatic heterocycles. The van der Waals surface area contributed by atoms with Gasteiger partial charge in [0.2, 0.25) is 0 Å². The number of nitrogens with one attached hydrogen (secondary N) is 1.